The molecule has 0 fully saturated rings. The lowest BCUT2D eigenvalue weighted by Gasteiger charge is -2.41. The summed E-state index contributed by atoms with van der Waals surface area (Å²) in [6.45, 7) is 82.2. The van der Waals surface area contributed by atoms with Crippen molar-refractivity contribution in [2.75, 3.05) is 7.11 Å². The number of rotatable bonds is 10. The molecular weight excluding hydrogens is 1310 g/mol. The van der Waals surface area contributed by atoms with Gasteiger partial charge in [-0.05, 0) is 262 Å². The van der Waals surface area contributed by atoms with Gasteiger partial charge in [-0.3, -0.25) is 0 Å². The average molecular weight is 1470 g/mol. The molecule has 0 heterocycles. The van der Waals surface area contributed by atoms with Crippen LogP contribution < -0.4 is 4.74 Å². The maximum atomic E-state index is 5.51. The van der Waals surface area contributed by atoms with Crippen molar-refractivity contribution in [3.63, 3.8) is 0 Å². The summed E-state index contributed by atoms with van der Waals surface area (Å²) in [5.74, 6) is 2.62. The Bertz CT molecular complexity index is 4450. The molecule has 0 aliphatic heterocycles. The van der Waals surface area contributed by atoms with Crippen LogP contribution in [-0.2, 0) is 51.8 Å². The Morgan fingerprint density at radius 1 is 0.349 bits per heavy atom. The van der Waals surface area contributed by atoms with Gasteiger partial charge >= 0.3 is 0 Å². The Balaban J connectivity index is 0.000000274. The number of benzene rings is 10. The lowest BCUT2D eigenvalue weighted by Crippen LogP contribution is -2.34. The number of fused-ring (bicyclic) bond motifs is 2. The lowest BCUT2D eigenvalue weighted by atomic mass is 9.63. The third-order valence-corrected chi connectivity index (χ3v) is 23.2. The highest BCUT2D eigenvalue weighted by Gasteiger charge is 2.37. The molecule has 0 spiro atoms. The Kier molecular flexibility index (Phi) is 34.1. The number of methoxy groups -OCH3 is 1. The summed E-state index contributed by atoms with van der Waals surface area (Å²) >= 11 is 0. The van der Waals surface area contributed by atoms with E-state index in [0.717, 1.165) is 18.6 Å². The topological polar surface area (TPSA) is 9.23 Å². The van der Waals surface area contributed by atoms with Crippen molar-refractivity contribution in [2.24, 2.45) is 16.7 Å². The molecule has 10 aromatic carbocycles. The van der Waals surface area contributed by atoms with E-state index in [1.165, 1.54) is 140 Å². The fourth-order valence-electron chi connectivity index (χ4n) is 15.0. The molecule has 0 aliphatic carbocycles. The molecule has 0 saturated carbocycles. The standard InChI is InChI=1S/C23H26.C19H32O.C18H24.C18H30.C11H16.C10H14.C9H12/c1-16(18-11-7-6-8-12-18)21-15-19-13-9-10-14-20(19)22(17(21)2)23(3,4)5;1-13(18(3,4)5)10-15-11-16(20-9)12-17(14(15)2)19(6,7)8;1-13-11-12-14-9-7-8-10-15(14)16(13)18(5,6)17(2,3)4;1-12(2)15-10-14(17(4,5)6)11-16(13(15)3)18(7,8)9;1-9-7-5-6-8-10(9)11(2,3)4;1-3-6-10-8-5-4-7-9(10)2;1-3-9-7-5-4-6-8(9)2/h6-16H,1-5H3;11-13H,10H2,1-9H3;7-12H,1-6H3;10-12H,1-9H3;5-8H,1-4H3;4-5,7-8H,3,6H2,1-2H3;4-7H,3H2,1-2H3. The third-order valence-electron chi connectivity index (χ3n) is 23.2. The van der Waals surface area contributed by atoms with Crippen molar-refractivity contribution in [1.29, 1.82) is 0 Å². The van der Waals surface area contributed by atoms with Gasteiger partial charge in [0.2, 0.25) is 0 Å². The van der Waals surface area contributed by atoms with Crippen molar-refractivity contribution in [1.82, 2.24) is 0 Å². The molecule has 2 unspecified atom stereocenters. The number of aryl methyl sites for hydroxylation is 6. The summed E-state index contributed by atoms with van der Waals surface area (Å²) in [6, 6.07) is 70.1. The fourth-order valence-corrected chi connectivity index (χ4v) is 15.0. The molecule has 1 heteroatoms. The molecule has 0 aromatic heterocycles. The van der Waals surface area contributed by atoms with Crippen LogP contribution in [0.3, 0.4) is 0 Å². The van der Waals surface area contributed by atoms with Gasteiger partial charge in [0.05, 0.1) is 7.11 Å². The summed E-state index contributed by atoms with van der Waals surface area (Å²) in [5.41, 5.74) is 29.2. The summed E-state index contributed by atoms with van der Waals surface area (Å²) in [7, 11) is 1.76. The van der Waals surface area contributed by atoms with E-state index in [2.05, 4.69) is 443 Å². The van der Waals surface area contributed by atoms with Crippen molar-refractivity contribution in [3.8, 4) is 5.75 Å². The lowest BCUT2D eigenvalue weighted by molar-refractivity contribution is 0.226. The maximum absolute atomic E-state index is 5.51. The van der Waals surface area contributed by atoms with Gasteiger partial charge in [0.15, 0.2) is 0 Å². The van der Waals surface area contributed by atoms with Gasteiger partial charge in [-0.25, -0.2) is 0 Å². The van der Waals surface area contributed by atoms with Gasteiger partial charge in [-0.15, -0.1) is 0 Å². The largest absolute Gasteiger partial charge is 0.497 e. The fraction of sp³-hybridized carbons (Fsp3) is 0.481. The molecule has 0 amide bonds. The Morgan fingerprint density at radius 3 is 1.24 bits per heavy atom. The Hall–Kier alpha value is -7.48. The molecule has 10 aromatic rings. The first-order valence-corrected chi connectivity index (χ1v) is 41.3. The second-order valence-corrected chi connectivity index (χ2v) is 39.5. The predicted octanol–water partition coefficient (Wildman–Crippen LogP) is 32.1. The highest BCUT2D eigenvalue weighted by molar-refractivity contribution is 5.89. The Labute approximate surface area is 670 Å². The third kappa shape index (κ3) is 26.9. The number of hydrogen-bond donors (Lipinski definition) is 0. The monoisotopic (exact) mass is 1470 g/mol. The van der Waals surface area contributed by atoms with Crippen LogP contribution in [0.25, 0.3) is 21.5 Å². The predicted molar refractivity (Wildman–Crippen MR) is 490 cm³/mol. The summed E-state index contributed by atoms with van der Waals surface area (Å²) in [6.07, 6.45) is 4.71. The summed E-state index contributed by atoms with van der Waals surface area (Å²) < 4.78 is 5.51. The van der Waals surface area contributed by atoms with Crippen molar-refractivity contribution in [2.45, 2.75) is 319 Å². The van der Waals surface area contributed by atoms with Crippen LogP contribution >= 0.6 is 0 Å². The van der Waals surface area contributed by atoms with E-state index in [9.17, 15) is 0 Å². The van der Waals surface area contributed by atoms with Crippen LogP contribution in [0.4, 0.5) is 0 Å². The highest BCUT2D eigenvalue weighted by atomic mass is 16.5. The van der Waals surface area contributed by atoms with E-state index in [1.54, 1.807) is 7.11 Å². The summed E-state index contributed by atoms with van der Waals surface area (Å²) in [4.78, 5) is 0. The van der Waals surface area contributed by atoms with Crippen LogP contribution in [0.15, 0.2) is 194 Å². The maximum Gasteiger partial charge on any atom is 0.119 e. The van der Waals surface area contributed by atoms with Crippen molar-refractivity contribution in [3.05, 3.63) is 300 Å². The van der Waals surface area contributed by atoms with Crippen LogP contribution in [0.5, 0.6) is 5.75 Å². The van der Waals surface area contributed by atoms with Gasteiger partial charge < -0.3 is 4.74 Å². The molecule has 10 rings (SSSR count). The first-order chi connectivity index (χ1) is 50.2. The molecule has 0 aliphatic rings. The zero-order valence-corrected chi connectivity index (χ0v) is 76.4. The van der Waals surface area contributed by atoms with Gasteiger partial charge in [-0.1, -0.05) is 389 Å². The van der Waals surface area contributed by atoms with Crippen LogP contribution in [-0.4, -0.2) is 7.11 Å². The zero-order valence-electron chi connectivity index (χ0n) is 76.4. The molecule has 1 nitrogen and oxygen atoms in total. The van der Waals surface area contributed by atoms with Gasteiger partial charge in [0.1, 0.15) is 5.75 Å². The van der Waals surface area contributed by atoms with E-state index in [-0.39, 0.29) is 37.9 Å². The van der Waals surface area contributed by atoms with E-state index >= 15 is 0 Å². The molecule has 0 radical (unpaired) electrons. The van der Waals surface area contributed by atoms with E-state index < -0.39 is 0 Å². The highest BCUT2D eigenvalue weighted by Crippen LogP contribution is 2.46. The smallest absolute Gasteiger partial charge is 0.119 e. The van der Waals surface area contributed by atoms with Gasteiger partial charge in [0.25, 0.3) is 0 Å². The minimum Gasteiger partial charge on any atom is -0.497 e. The SMILES string of the molecule is CCCc1ccccc1C.CCc1ccccc1C.COc1cc(CC(C)C(C)(C)C)c(C)c(C(C)(C)C)c1.Cc1c(C(C)C)cc(C(C)(C)C)cc1C(C)(C)C.Cc1c(C(C)c2ccccc2)cc2ccccc2c1C(C)(C)C.Cc1ccc2ccccc2c1C(C)(C)C(C)(C)C.Cc1ccccc1C(C)(C)C. The molecular formula is C108H154O. The van der Waals surface area contributed by atoms with E-state index in [1.807, 2.05) is 0 Å². The average Bonchev–Trinajstić information content (AvgIpc) is 0.768. The minimum atomic E-state index is 0.135. The minimum absolute atomic E-state index is 0.135. The normalized spacial score (nSPS) is 12.6. The number of ether oxygens (including phenoxy) is 1. The quantitative estimate of drug-likeness (QED) is 0.133. The van der Waals surface area contributed by atoms with Gasteiger partial charge in [-0.2, -0.15) is 0 Å². The van der Waals surface area contributed by atoms with Crippen LogP contribution in [0, 0.1) is 65.2 Å². The Morgan fingerprint density at radius 2 is 0.807 bits per heavy atom. The van der Waals surface area contributed by atoms with Crippen LogP contribution in [0.1, 0.15) is 325 Å². The van der Waals surface area contributed by atoms with Crippen LogP contribution in [0.2, 0.25) is 0 Å². The second kappa shape index (κ2) is 39.6. The molecule has 0 N–H and O–H groups in total. The van der Waals surface area contributed by atoms with Crippen molar-refractivity contribution < 1.29 is 4.74 Å². The summed E-state index contributed by atoms with van der Waals surface area (Å²) in [5, 5.41) is 5.48. The zero-order chi connectivity index (χ0) is 82.8. The molecule has 0 saturated heterocycles. The first-order valence-electron chi connectivity index (χ1n) is 41.3. The van der Waals surface area contributed by atoms with E-state index in [0.29, 0.717) is 23.2 Å². The second-order valence-electron chi connectivity index (χ2n) is 39.5. The molecule has 109 heavy (non-hydrogen) atoms. The number of hydrogen-bond acceptors (Lipinski definition) is 1. The van der Waals surface area contributed by atoms with Gasteiger partial charge in [0, 0.05) is 5.92 Å². The first kappa shape index (κ1) is 93.9. The van der Waals surface area contributed by atoms with Crippen molar-refractivity contribution >= 4 is 21.5 Å². The van der Waals surface area contributed by atoms with E-state index in [4.69, 9.17) is 4.74 Å². The molecule has 0 bridgehead atoms. The molecule has 2 atom stereocenters. The molecule has 592 valence electrons.